The summed E-state index contributed by atoms with van der Waals surface area (Å²) >= 11 is 0. The van der Waals surface area contributed by atoms with Gasteiger partial charge in [0.15, 0.2) is 0 Å². The van der Waals surface area contributed by atoms with Crippen LogP contribution in [0.5, 0.6) is 0 Å². The average molecular weight is 378 g/mol. The summed E-state index contributed by atoms with van der Waals surface area (Å²) in [5, 5.41) is 8.04. The Kier molecular flexibility index (Phi) is 6.68. The lowest BCUT2D eigenvalue weighted by molar-refractivity contribution is -0.111. The number of hydrogen-bond donors (Lipinski definition) is 2. The zero-order chi connectivity index (χ0) is 19.9. The smallest absolute Gasteiger partial charge is 0.140 e. The fourth-order valence-electron chi connectivity index (χ4n) is 3.75. The highest BCUT2D eigenvalue weighted by molar-refractivity contribution is 6.02. The van der Waals surface area contributed by atoms with E-state index in [1.165, 1.54) is 0 Å². The summed E-state index contributed by atoms with van der Waals surface area (Å²) in [4.78, 5) is 22.6. The fourth-order valence-corrected chi connectivity index (χ4v) is 3.75. The van der Waals surface area contributed by atoms with Gasteiger partial charge in [-0.1, -0.05) is 30.3 Å². The largest absolute Gasteiger partial charge is 0.400 e. The lowest BCUT2D eigenvalue weighted by Crippen LogP contribution is -2.36. The Morgan fingerprint density at radius 2 is 2.04 bits per heavy atom. The summed E-state index contributed by atoms with van der Waals surface area (Å²) in [6.45, 7) is 2.13. The second-order valence-corrected chi connectivity index (χ2v) is 6.79. The van der Waals surface area contributed by atoms with Gasteiger partial charge < -0.3 is 20.5 Å². The molecule has 1 aliphatic heterocycles. The fraction of sp³-hybridized carbons (Fsp3) is 0.318. The van der Waals surface area contributed by atoms with Gasteiger partial charge in [-0.05, 0) is 41.7 Å². The zero-order valence-corrected chi connectivity index (χ0v) is 16.1. The number of fused-ring (bicyclic) bond motifs is 1. The van der Waals surface area contributed by atoms with Crippen LogP contribution in [-0.4, -0.2) is 41.6 Å². The molecule has 4 rings (SSSR count). The summed E-state index contributed by atoms with van der Waals surface area (Å²) in [5.74, 6) is 0.983. The van der Waals surface area contributed by atoms with Crippen LogP contribution in [0.4, 0.5) is 5.82 Å². The van der Waals surface area contributed by atoms with Gasteiger partial charge in [0.25, 0.3) is 0 Å². The SMILES string of the molecule is CO.NCc1cccc(-c2cccc3ncnc(N4CCCC(C=O)C4)c23)c1. The van der Waals surface area contributed by atoms with Crippen molar-refractivity contribution < 1.29 is 9.90 Å². The van der Waals surface area contributed by atoms with Gasteiger partial charge in [-0.15, -0.1) is 0 Å². The number of piperidine rings is 1. The van der Waals surface area contributed by atoms with Crippen LogP contribution in [0, 0.1) is 5.92 Å². The van der Waals surface area contributed by atoms with Crippen LogP contribution in [0.15, 0.2) is 48.8 Å². The molecule has 0 spiro atoms. The molecule has 2 heterocycles. The number of hydrogen-bond acceptors (Lipinski definition) is 6. The Balaban J connectivity index is 0.00000109. The van der Waals surface area contributed by atoms with Gasteiger partial charge in [-0.2, -0.15) is 0 Å². The molecule has 2 aromatic carbocycles. The number of nitrogens with two attached hydrogens (primary N) is 1. The van der Waals surface area contributed by atoms with Crippen molar-refractivity contribution in [1.29, 1.82) is 0 Å². The van der Waals surface area contributed by atoms with Gasteiger partial charge in [-0.25, -0.2) is 9.97 Å². The third-order valence-corrected chi connectivity index (χ3v) is 5.07. The summed E-state index contributed by atoms with van der Waals surface area (Å²) in [6.07, 6.45) is 4.64. The van der Waals surface area contributed by atoms with Gasteiger partial charge >= 0.3 is 0 Å². The number of aliphatic hydroxyl groups is 1. The number of aliphatic hydroxyl groups excluding tert-OH is 1. The first kappa shape index (κ1) is 19.9. The van der Waals surface area contributed by atoms with E-state index in [4.69, 9.17) is 10.8 Å². The predicted octanol–water partition coefficient (Wildman–Crippen LogP) is 2.78. The summed E-state index contributed by atoms with van der Waals surface area (Å²) in [7, 11) is 1.00. The number of carbonyl (C=O) groups excluding carboxylic acids is 1. The van der Waals surface area contributed by atoms with Crippen LogP contribution < -0.4 is 10.6 Å². The maximum Gasteiger partial charge on any atom is 0.140 e. The number of anilines is 1. The minimum absolute atomic E-state index is 0.0708. The van der Waals surface area contributed by atoms with Crippen LogP contribution in [0.1, 0.15) is 18.4 Å². The van der Waals surface area contributed by atoms with Crippen molar-refractivity contribution in [3.63, 3.8) is 0 Å². The van der Waals surface area contributed by atoms with Crippen molar-refractivity contribution in [3.05, 3.63) is 54.4 Å². The standard InChI is InChI=1S/C21H22N4O.CH4O/c22-11-15-4-1-6-17(10-15)18-7-2-8-19-20(18)21(24-14-23-19)25-9-3-5-16(12-25)13-26;1-2/h1-2,4,6-8,10,13-14,16H,3,5,9,11-12,22H2;2H,1H3. The second kappa shape index (κ2) is 9.39. The molecule has 1 fully saturated rings. The minimum atomic E-state index is 0.0708. The first-order chi connectivity index (χ1) is 13.8. The molecule has 0 amide bonds. The third-order valence-electron chi connectivity index (χ3n) is 5.07. The lowest BCUT2D eigenvalue weighted by Gasteiger charge is -2.32. The number of benzene rings is 2. The van der Waals surface area contributed by atoms with Gasteiger partial charge in [0.05, 0.1) is 10.9 Å². The highest BCUT2D eigenvalue weighted by Gasteiger charge is 2.23. The Bertz CT molecular complexity index is 939. The van der Waals surface area contributed by atoms with E-state index in [-0.39, 0.29) is 5.92 Å². The van der Waals surface area contributed by atoms with Crippen molar-refractivity contribution in [2.75, 3.05) is 25.1 Å². The molecule has 1 atom stereocenters. The highest BCUT2D eigenvalue weighted by atomic mass is 16.2. The van der Waals surface area contributed by atoms with E-state index in [0.29, 0.717) is 13.1 Å². The molecule has 1 aliphatic rings. The highest BCUT2D eigenvalue weighted by Crippen LogP contribution is 2.35. The molecule has 1 saturated heterocycles. The molecule has 0 aliphatic carbocycles. The van der Waals surface area contributed by atoms with Gasteiger partial charge in [0, 0.05) is 32.7 Å². The maximum atomic E-state index is 11.3. The molecule has 0 radical (unpaired) electrons. The van der Waals surface area contributed by atoms with Gasteiger partial charge in [0.2, 0.25) is 0 Å². The van der Waals surface area contributed by atoms with Crippen LogP contribution in [0.3, 0.4) is 0 Å². The molecule has 0 saturated carbocycles. The van der Waals surface area contributed by atoms with E-state index in [2.05, 4.69) is 33.1 Å². The molecule has 146 valence electrons. The molecule has 3 N–H and O–H groups in total. The Morgan fingerprint density at radius 1 is 1.21 bits per heavy atom. The topological polar surface area (TPSA) is 92.3 Å². The molecule has 6 heteroatoms. The molecular weight excluding hydrogens is 352 g/mol. The number of nitrogens with zero attached hydrogens (tertiary/aromatic N) is 3. The summed E-state index contributed by atoms with van der Waals surface area (Å²) in [5.41, 5.74) is 10.0. The Hall–Kier alpha value is -2.83. The van der Waals surface area contributed by atoms with E-state index in [9.17, 15) is 4.79 Å². The molecule has 1 unspecified atom stereocenters. The van der Waals surface area contributed by atoms with Crippen molar-refractivity contribution in [1.82, 2.24) is 9.97 Å². The number of rotatable bonds is 4. The van der Waals surface area contributed by atoms with Crippen LogP contribution in [-0.2, 0) is 11.3 Å². The molecule has 6 nitrogen and oxygen atoms in total. The maximum absolute atomic E-state index is 11.3. The average Bonchev–Trinajstić information content (AvgIpc) is 2.79. The zero-order valence-electron chi connectivity index (χ0n) is 16.1. The summed E-state index contributed by atoms with van der Waals surface area (Å²) < 4.78 is 0. The van der Waals surface area contributed by atoms with Gasteiger partial charge in [-0.3, -0.25) is 0 Å². The van der Waals surface area contributed by atoms with E-state index in [0.717, 1.165) is 66.2 Å². The molecule has 3 aromatic rings. The lowest BCUT2D eigenvalue weighted by atomic mass is 9.96. The number of aromatic nitrogens is 2. The van der Waals surface area contributed by atoms with Crippen molar-refractivity contribution in [3.8, 4) is 11.1 Å². The van der Waals surface area contributed by atoms with E-state index in [1.807, 2.05) is 24.3 Å². The normalized spacial score (nSPS) is 16.4. The quantitative estimate of drug-likeness (QED) is 0.678. The second-order valence-electron chi connectivity index (χ2n) is 6.79. The van der Waals surface area contributed by atoms with Crippen molar-refractivity contribution in [2.45, 2.75) is 19.4 Å². The summed E-state index contributed by atoms with van der Waals surface area (Å²) in [6, 6.07) is 14.4. The first-order valence-corrected chi connectivity index (χ1v) is 9.48. The van der Waals surface area contributed by atoms with Crippen LogP contribution in [0.2, 0.25) is 0 Å². The first-order valence-electron chi connectivity index (χ1n) is 9.48. The van der Waals surface area contributed by atoms with E-state index >= 15 is 0 Å². The minimum Gasteiger partial charge on any atom is -0.400 e. The Morgan fingerprint density at radius 3 is 2.82 bits per heavy atom. The number of aldehydes is 1. The molecule has 0 bridgehead atoms. The molecular formula is C22H26N4O2. The van der Waals surface area contributed by atoms with Crippen LogP contribution >= 0.6 is 0 Å². The van der Waals surface area contributed by atoms with Crippen LogP contribution in [0.25, 0.3) is 22.0 Å². The van der Waals surface area contributed by atoms with E-state index in [1.54, 1.807) is 6.33 Å². The monoisotopic (exact) mass is 378 g/mol. The predicted molar refractivity (Wildman–Crippen MR) is 112 cm³/mol. The molecule has 1 aromatic heterocycles. The van der Waals surface area contributed by atoms with Crippen molar-refractivity contribution >= 4 is 23.0 Å². The van der Waals surface area contributed by atoms with Gasteiger partial charge in [0.1, 0.15) is 18.4 Å². The van der Waals surface area contributed by atoms with Crippen molar-refractivity contribution in [2.24, 2.45) is 11.7 Å². The Labute approximate surface area is 165 Å². The number of carbonyl (C=O) groups is 1. The molecule has 28 heavy (non-hydrogen) atoms. The van der Waals surface area contributed by atoms with E-state index < -0.39 is 0 Å². The third kappa shape index (κ3) is 4.03.